The molecule has 112 valence electrons. The van der Waals surface area contributed by atoms with Crippen molar-refractivity contribution in [2.24, 2.45) is 0 Å². The van der Waals surface area contributed by atoms with E-state index in [1.165, 1.54) is 22.9 Å². The lowest BCUT2D eigenvalue weighted by molar-refractivity contribution is -0.302. The lowest BCUT2D eigenvalue weighted by atomic mass is 10.4. The quantitative estimate of drug-likeness (QED) is 0.814. The number of benzene rings is 2. The molecule has 0 amide bonds. The van der Waals surface area contributed by atoms with Gasteiger partial charge in [0.25, 0.3) is 0 Å². The van der Waals surface area contributed by atoms with Crippen molar-refractivity contribution in [2.75, 3.05) is 12.3 Å². The maximum atomic E-state index is 8.89. The molecule has 0 aliphatic heterocycles. The summed E-state index contributed by atoms with van der Waals surface area (Å²) in [6.07, 6.45) is 2.50. The molecule has 2 aromatic rings. The largest absolute Gasteiger partial charge is 0.550 e. The number of carboxylic acids is 1. The number of rotatable bonds is 4. The third kappa shape index (κ3) is 4.68. The highest BCUT2D eigenvalue weighted by Crippen LogP contribution is 2.55. The van der Waals surface area contributed by atoms with Gasteiger partial charge in [0.2, 0.25) is 0 Å². The van der Waals surface area contributed by atoms with Crippen LogP contribution in [0.4, 0.5) is 0 Å². The zero-order chi connectivity index (χ0) is 15.7. The first-order valence-corrected chi connectivity index (χ1v) is 9.38. The predicted molar refractivity (Wildman–Crippen MR) is 90.8 cm³/mol. The Morgan fingerprint density at radius 2 is 1.14 bits per heavy atom. The van der Waals surface area contributed by atoms with Crippen molar-refractivity contribution in [2.45, 2.75) is 20.8 Å². The van der Waals surface area contributed by atoms with E-state index in [-0.39, 0.29) is 0 Å². The summed E-state index contributed by atoms with van der Waals surface area (Å²) in [7, 11) is -1.16. The molecule has 0 aliphatic carbocycles. The summed E-state index contributed by atoms with van der Waals surface area (Å²) in [5.41, 5.74) is 0. The zero-order valence-corrected chi connectivity index (χ0v) is 13.8. The van der Waals surface area contributed by atoms with Crippen LogP contribution in [0.2, 0.25) is 0 Å². The van der Waals surface area contributed by atoms with Crippen LogP contribution in [-0.4, -0.2) is 18.3 Å². The average molecular weight is 302 g/mol. The third-order valence-corrected chi connectivity index (χ3v) is 8.31. The Hall–Kier alpha value is -1.66. The first kappa shape index (κ1) is 17.4. The normalized spacial score (nSPS) is 10.4. The topological polar surface area (TPSA) is 40.1 Å². The Kier molecular flexibility index (Phi) is 7.11. The van der Waals surface area contributed by atoms with Crippen LogP contribution in [0.1, 0.15) is 20.8 Å². The molecule has 2 rings (SSSR count). The molecule has 0 saturated heterocycles. The molecule has 0 fully saturated rings. The fourth-order valence-corrected chi connectivity index (χ4v) is 6.22. The van der Waals surface area contributed by atoms with Crippen molar-refractivity contribution in [1.29, 1.82) is 0 Å². The number of carbonyl (C=O) groups excluding carboxylic acids is 1. The number of carboxylic acid groups (broad SMARTS) is 1. The lowest BCUT2D eigenvalue weighted by Gasteiger charge is -2.24. The van der Waals surface area contributed by atoms with E-state index in [4.69, 9.17) is 9.90 Å². The maximum absolute atomic E-state index is 8.89. The molecule has 0 unspecified atom stereocenters. The van der Waals surface area contributed by atoms with Crippen LogP contribution >= 0.6 is 7.26 Å². The van der Waals surface area contributed by atoms with Gasteiger partial charge in [-0.2, -0.15) is 0 Å². The number of aliphatic carboxylic acids is 1. The predicted octanol–water partition coefficient (Wildman–Crippen LogP) is 2.45. The molecule has 3 heteroatoms. The van der Waals surface area contributed by atoms with Gasteiger partial charge in [0.1, 0.15) is 0 Å². The van der Waals surface area contributed by atoms with Gasteiger partial charge in [0, 0.05) is 5.97 Å². The fourth-order valence-electron chi connectivity index (χ4n) is 2.53. The minimum atomic E-state index is -1.16. The van der Waals surface area contributed by atoms with Gasteiger partial charge in [0.15, 0.2) is 0 Å². The first-order chi connectivity index (χ1) is 10.1. The van der Waals surface area contributed by atoms with E-state index in [1.54, 1.807) is 0 Å². The van der Waals surface area contributed by atoms with Gasteiger partial charge in [-0.15, -0.1) is 0 Å². The van der Waals surface area contributed by atoms with Gasteiger partial charge in [-0.1, -0.05) is 36.4 Å². The highest BCUT2D eigenvalue weighted by Gasteiger charge is 2.38. The van der Waals surface area contributed by atoms with Gasteiger partial charge in [-0.05, 0) is 45.0 Å². The Bertz CT molecular complexity index is 488. The van der Waals surface area contributed by atoms with Crippen LogP contribution in [-0.2, 0) is 4.79 Å². The summed E-state index contributed by atoms with van der Waals surface area (Å²) in [4.78, 5) is 8.89. The second kappa shape index (κ2) is 8.59. The van der Waals surface area contributed by atoms with Crippen molar-refractivity contribution < 1.29 is 9.90 Å². The number of carbonyl (C=O) groups is 1. The Labute approximate surface area is 128 Å². The van der Waals surface area contributed by atoms with E-state index in [9.17, 15) is 0 Å². The van der Waals surface area contributed by atoms with Gasteiger partial charge in [-0.25, -0.2) is 0 Å². The Morgan fingerprint density at radius 1 is 0.857 bits per heavy atom. The van der Waals surface area contributed by atoms with Crippen LogP contribution in [0.3, 0.4) is 0 Å². The monoisotopic (exact) mass is 302 g/mol. The summed E-state index contributed by atoms with van der Waals surface area (Å²) in [5.74, 6) is -1.08. The second-order valence-electron chi connectivity index (χ2n) is 4.76. The molecule has 0 radical (unpaired) electrons. The van der Waals surface area contributed by atoms with E-state index in [0.717, 1.165) is 6.92 Å². The van der Waals surface area contributed by atoms with Crippen LogP contribution in [0, 0.1) is 0 Å². The van der Waals surface area contributed by atoms with Crippen LogP contribution < -0.4 is 15.7 Å². The molecule has 0 N–H and O–H groups in total. The van der Waals surface area contributed by atoms with E-state index < -0.39 is 13.2 Å². The van der Waals surface area contributed by atoms with Gasteiger partial charge >= 0.3 is 0 Å². The first-order valence-electron chi connectivity index (χ1n) is 7.22. The molecule has 2 nitrogen and oxygen atoms in total. The van der Waals surface area contributed by atoms with Crippen molar-refractivity contribution in [3.05, 3.63) is 60.7 Å². The van der Waals surface area contributed by atoms with Gasteiger partial charge < -0.3 is 9.90 Å². The SMILES string of the molecule is CC(=O)[O-].CC[P+](CC)(c1ccccc1)c1ccccc1. The molecular formula is C18H23O2P. The molecule has 0 heterocycles. The zero-order valence-electron chi connectivity index (χ0n) is 13.0. The highest BCUT2D eigenvalue weighted by atomic mass is 31.2. The molecule has 0 spiro atoms. The molecular weight excluding hydrogens is 279 g/mol. The number of hydrogen-bond donors (Lipinski definition) is 0. The maximum Gasteiger partial charge on any atom is 0.0991 e. The summed E-state index contributed by atoms with van der Waals surface area (Å²) >= 11 is 0. The molecule has 0 atom stereocenters. The highest BCUT2D eigenvalue weighted by molar-refractivity contribution is 7.89. The standard InChI is InChI=1S/C16H20P.C2H4O2/c1-3-17(4-2,15-11-7-5-8-12-15)16-13-9-6-10-14-16;1-2(3)4/h5-14H,3-4H2,1-2H3;1H3,(H,3,4)/q+1;/p-1. The summed E-state index contributed by atoms with van der Waals surface area (Å²) in [6.45, 7) is 5.63. The summed E-state index contributed by atoms with van der Waals surface area (Å²) in [6, 6.07) is 22.1. The van der Waals surface area contributed by atoms with Crippen molar-refractivity contribution >= 4 is 23.8 Å². The van der Waals surface area contributed by atoms with E-state index in [2.05, 4.69) is 74.5 Å². The summed E-state index contributed by atoms with van der Waals surface area (Å²) < 4.78 is 0. The second-order valence-corrected chi connectivity index (χ2v) is 9.00. The average Bonchev–Trinajstić information content (AvgIpc) is 2.51. The molecule has 0 aliphatic rings. The fraction of sp³-hybridized carbons (Fsp3) is 0.278. The van der Waals surface area contributed by atoms with E-state index >= 15 is 0 Å². The van der Waals surface area contributed by atoms with Crippen LogP contribution in [0.5, 0.6) is 0 Å². The van der Waals surface area contributed by atoms with E-state index in [1.807, 2.05) is 0 Å². The van der Waals surface area contributed by atoms with E-state index in [0.29, 0.717) is 0 Å². The summed E-state index contributed by atoms with van der Waals surface area (Å²) in [5, 5.41) is 12.0. The molecule has 0 aromatic heterocycles. The minimum absolute atomic E-state index is 0.972. The van der Waals surface area contributed by atoms with Crippen molar-refractivity contribution in [3.8, 4) is 0 Å². The minimum Gasteiger partial charge on any atom is -0.550 e. The molecule has 0 saturated carbocycles. The lowest BCUT2D eigenvalue weighted by Crippen LogP contribution is -2.25. The third-order valence-electron chi connectivity index (χ3n) is 3.58. The Balaban J connectivity index is 0.000000491. The molecule has 0 bridgehead atoms. The van der Waals surface area contributed by atoms with Crippen LogP contribution in [0.25, 0.3) is 0 Å². The van der Waals surface area contributed by atoms with Gasteiger partial charge in [0.05, 0.1) is 30.2 Å². The Morgan fingerprint density at radius 3 is 1.38 bits per heavy atom. The van der Waals surface area contributed by atoms with Crippen molar-refractivity contribution in [3.63, 3.8) is 0 Å². The van der Waals surface area contributed by atoms with Gasteiger partial charge in [-0.3, -0.25) is 0 Å². The number of hydrogen-bond acceptors (Lipinski definition) is 2. The van der Waals surface area contributed by atoms with Crippen LogP contribution in [0.15, 0.2) is 60.7 Å². The smallest absolute Gasteiger partial charge is 0.0991 e. The molecule has 2 aromatic carbocycles. The van der Waals surface area contributed by atoms with Crippen molar-refractivity contribution in [1.82, 2.24) is 0 Å². The molecule has 21 heavy (non-hydrogen) atoms.